The fraction of sp³-hybridized carbons (Fsp3) is 0.176. The van der Waals surface area contributed by atoms with Gasteiger partial charge in [0.05, 0.1) is 12.8 Å². The molecule has 0 radical (unpaired) electrons. The van der Waals surface area contributed by atoms with E-state index in [1.807, 2.05) is 0 Å². The topological polar surface area (TPSA) is 68.5 Å². The molecule has 0 saturated heterocycles. The van der Waals surface area contributed by atoms with E-state index in [0.29, 0.717) is 5.76 Å². The monoisotopic (exact) mass is 317 g/mol. The minimum absolute atomic E-state index is 0.207. The number of carbonyl (C=O) groups is 2. The zero-order valence-corrected chi connectivity index (χ0v) is 12.5. The van der Waals surface area contributed by atoms with Crippen LogP contribution in [0.4, 0.5) is 4.39 Å². The second kappa shape index (κ2) is 7.93. The molecule has 2 rings (SSSR count). The number of nitrogens with one attached hydrogen (secondary N) is 1. The number of halogens is 1. The zero-order chi connectivity index (χ0) is 16.7. The lowest BCUT2D eigenvalue weighted by molar-refractivity contribution is -0.150. The average molecular weight is 317 g/mol. The van der Waals surface area contributed by atoms with E-state index in [9.17, 15) is 14.0 Å². The first-order valence-corrected chi connectivity index (χ1v) is 6.99. The molecule has 2 aromatic rings. The van der Waals surface area contributed by atoms with Crippen molar-refractivity contribution in [1.29, 1.82) is 0 Å². The normalized spacial score (nSPS) is 12.1. The number of ether oxygens (including phenoxy) is 1. The van der Waals surface area contributed by atoms with Crippen LogP contribution in [0, 0.1) is 5.82 Å². The lowest BCUT2D eigenvalue weighted by atomic mass is 10.2. The summed E-state index contributed by atoms with van der Waals surface area (Å²) < 4.78 is 23.4. The van der Waals surface area contributed by atoms with Crippen LogP contribution >= 0.6 is 0 Å². The van der Waals surface area contributed by atoms with E-state index in [1.54, 1.807) is 24.3 Å². The van der Waals surface area contributed by atoms with Gasteiger partial charge in [-0.05, 0) is 31.2 Å². The highest BCUT2D eigenvalue weighted by molar-refractivity contribution is 5.90. The number of hydrogen-bond acceptors (Lipinski definition) is 4. The van der Waals surface area contributed by atoms with E-state index in [4.69, 9.17) is 9.15 Å². The second-order valence-electron chi connectivity index (χ2n) is 4.73. The predicted molar refractivity (Wildman–Crippen MR) is 81.5 cm³/mol. The van der Waals surface area contributed by atoms with Crippen LogP contribution in [0.2, 0.25) is 0 Å². The van der Waals surface area contributed by atoms with Crippen molar-refractivity contribution in [3.63, 3.8) is 0 Å². The van der Waals surface area contributed by atoms with Crippen molar-refractivity contribution in [2.24, 2.45) is 0 Å². The third kappa shape index (κ3) is 5.10. The molecule has 6 heteroatoms. The van der Waals surface area contributed by atoms with Gasteiger partial charge >= 0.3 is 5.97 Å². The maximum absolute atomic E-state index is 13.4. The summed E-state index contributed by atoms with van der Waals surface area (Å²) in [6.07, 6.45) is 2.90. The second-order valence-corrected chi connectivity index (χ2v) is 4.73. The highest BCUT2D eigenvalue weighted by Crippen LogP contribution is 2.08. The van der Waals surface area contributed by atoms with Gasteiger partial charge in [0.15, 0.2) is 6.10 Å². The van der Waals surface area contributed by atoms with Gasteiger partial charge in [-0.1, -0.05) is 18.2 Å². The van der Waals surface area contributed by atoms with E-state index >= 15 is 0 Å². The molecule has 0 bridgehead atoms. The van der Waals surface area contributed by atoms with Gasteiger partial charge in [0.1, 0.15) is 11.6 Å². The van der Waals surface area contributed by atoms with E-state index in [0.717, 1.165) is 6.08 Å². The van der Waals surface area contributed by atoms with Crippen LogP contribution in [0.1, 0.15) is 18.2 Å². The molecule has 0 unspecified atom stereocenters. The minimum atomic E-state index is -0.970. The van der Waals surface area contributed by atoms with Gasteiger partial charge in [-0.2, -0.15) is 0 Å². The van der Waals surface area contributed by atoms with Crippen molar-refractivity contribution in [2.45, 2.75) is 19.6 Å². The Labute approximate surface area is 132 Å². The lowest BCUT2D eigenvalue weighted by Crippen LogP contribution is -2.35. The Kier molecular flexibility index (Phi) is 5.68. The molecule has 0 spiro atoms. The molecule has 1 N–H and O–H groups in total. The molecule has 1 heterocycles. The summed E-state index contributed by atoms with van der Waals surface area (Å²) in [5.74, 6) is -1.03. The quantitative estimate of drug-likeness (QED) is 0.657. The lowest BCUT2D eigenvalue weighted by Gasteiger charge is -2.11. The minimum Gasteiger partial charge on any atom is -0.467 e. The third-order valence-electron chi connectivity index (χ3n) is 2.98. The van der Waals surface area contributed by atoms with E-state index < -0.39 is 23.8 Å². The first kappa shape index (κ1) is 16.5. The summed E-state index contributed by atoms with van der Waals surface area (Å²) in [6.45, 7) is 1.66. The van der Waals surface area contributed by atoms with Crippen molar-refractivity contribution in [2.75, 3.05) is 0 Å². The Bertz CT molecular complexity index is 694. The molecular formula is C17H16FNO4. The SMILES string of the molecule is C[C@H](OC(=O)/C=C/c1ccccc1F)C(=O)NCc1ccco1. The maximum atomic E-state index is 13.4. The van der Waals surface area contributed by atoms with Crippen LogP contribution in [0.3, 0.4) is 0 Å². The van der Waals surface area contributed by atoms with Crippen molar-refractivity contribution >= 4 is 18.0 Å². The number of furan rings is 1. The first-order valence-electron chi connectivity index (χ1n) is 6.99. The fourth-order valence-electron chi connectivity index (χ4n) is 1.77. The van der Waals surface area contributed by atoms with Crippen LogP contribution in [-0.4, -0.2) is 18.0 Å². The van der Waals surface area contributed by atoms with Crippen molar-refractivity contribution < 1.29 is 23.1 Å². The first-order chi connectivity index (χ1) is 11.1. The molecule has 0 aliphatic rings. The highest BCUT2D eigenvalue weighted by atomic mass is 19.1. The average Bonchev–Trinajstić information content (AvgIpc) is 3.05. The number of benzene rings is 1. The summed E-state index contributed by atoms with van der Waals surface area (Å²) in [5, 5.41) is 2.58. The van der Waals surface area contributed by atoms with Crippen LogP contribution < -0.4 is 5.32 Å². The Morgan fingerprint density at radius 2 is 2.09 bits per heavy atom. The van der Waals surface area contributed by atoms with Crippen molar-refractivity contribution in [1.82, 2.24) is 5.32 Å². The Morgan fingerprint density at radius 1 is 1.30 bits per heavy atom. The van der Waals surface area contributed by atoms with Crippen LogP contribution in [0.15, 0.2) is 53.2 Å². The number of carbonyl (C=O) groups excluding carboxylic acids is 2. The standard InChI is InChI=1S/C17H16FNO4/c1-12(17(21)19-11-14-6-4-10-22-14)23-16(20)9-8-13-5-2-3-7-15(13)18/h2-10,12H,11H2,1H3,(H,19,21)/b9-8+/t12-/m0/s1. The summed E-state index contributed by atoms with van der Waals surface area (Å²) in [5.41, 5.74) is 0.263. The zero-order valence-electron chi connectivity index (χ0n) is 12.5. The van der Waals surface area contributed by atoms with Crippen LogP contribution in [0.5, 0.6) is 0 Å². The van der Waals surface area contributed by atoms with Gasteiger partial charge in [0, 0.05) is 11.6 Å². The predicted octanol–water partition coefficient (Wildman–Crippen LogP) is 2.68. The smallest absolute Gasteiger partial charge is 0.331 e. The largest absolute Gasteiger partial charge is 0.467 e. The molecule has 0 saturated carbocycles. The molecule has 1 aromatic heterocycles. The van der Waals surface area contributed by atoms with Gasteiger partial charge in [-0.15, -0.1) is 0 Å². The molecule has 1 amide bonds. The summed E-state index contributed by atoms with van der Waals surface area (Å²) in [4.78, 5) is 23.4. The van der Waals surface area contributed by atoms with Crippen LogP contribution in [-0.2, 0) is 20.9 Å². The molecule has 0 aliphatic heterocycles. The van der Waals surface area contributed by atoms with Gasteiger partial charge < -0.3 is 14.5 Å². The van der Waals surface area contributed by atoms with E-state index in [-0.39, 0.29) is 12.1 Å². The van der Waals surface area contributed by atoms with Gasteiger partial charge in [-0.25, -0.2) is 9.18 Å². The van der Waals surface area contributed by atoms with E-state index in [2.05, 4.69) is 5.32 Å². The number of esters is 1. The van der Waals surface area contributed by atoms with Gasteiger partial charge in [0.25, 0.3) is 5.91 Å². The molecule has 5 nitrogen and oxygen atoms in total. The molecular weight excluding hydrogens is 301 g/mol. The number of amides is 1. The highest BCUT2D eigenvalue weighted by Gasteiger charge is 2.16. The number of rotatable bonds is 6. The van der Waals surface area contributed by atoms with Crippen molar-refractivity contribution in [3.05, 3.63) is 65.9 Å². The Balaban J connectivity index is 1.82. The molecule has 0 fully saturated rings. The molecule has 120 valence electrons. The van der Waals surface area contributed by atoms with Crippen molar-refractivity contribution in [3.8, 4) is 0 Å². The van der Waals surface area contributed by atoms with Gasteiger partial charge in [0.2, 0.25) is 0 Å². The summed E-state index contributed by atoms with van der Waals surface area (Å²) in [7, 11) is 0. The summed E-state index contributed by atoms with van der Waals surface area (Å²) in [6, 6.07) is 9.44. The fourth-order valence-corrected chi connectivity index (χ4v) is 1.77. The molecule has 0 aliphatic carbocycles. The Hall–Kier alpha value is -2.89. The number of hydrogen-bond donors (Lipinski definition) is 1. The molecule has 23 heavy (non-hydrogen) atoms. The maximum Gasteiger partial charge on any atom is 0.331 e. The molecule has 1 atom stereocenters. The van der Waals surface area contributed by atoms with Gasteiger partial charge in [-0.3, -0.25) is 4.79 Å². The van der Waals surface area contributed by atoms with Crippen LogP contribution in [0.25, 0.3) is 6.08 Å². The van der Waals surface area contributed by atoms with E-state index in [1.165, 1.54) is 31.4 Å². The molecule has 1 aromatic carbocycles. The Morgan fingerprint density at radius 3 is 2.78 bits per heavy atom. The third-order valence-corrected chi connectivity index (χ3v) is 2.98. The summed E-state index contributed by atoms with van der Waals surface area (Å²) >= 11 is 0.